The van der Waals surface area contributed by atoms with E-state index in [1.807, 2.05) is 32.0 Å². The number of alkyl halides is 3. The second-order valence-corrected chi connectivity index (χ2v) is 10.2. The Morgan fingerprint density at radius 1 is 1.02 bits per heavy atom. The third-order valence-corrected chi connectivity index (χ3v) is 6.88. The van der Waals surface area contributed by atoms with Crippen molar-refractivity contribution >= 4 is 40.4 Å². The van der Waals surface area contributed by atoms with Crippen molar-refractivity contribution in [1.29, 1.82) is 0 Å². The van der Waals surface area contributed by atoms with E-state index >= 15 is 0 Å². The van der Waals surface area contributed by atoms with Crippen LogP contribution in [0.3, 0.4) is 0 Å². The zero-order valence-corrected chi connectivity index (χ0v) is 22.9. The van der Waals surface area contributed by atoms with Crippen molar-refractivity contribution in [2.45, 2.75) is 26.1 Å². The summed E-state index contributed by atoms with van der Waals surface area (Å²) in [6.45, 7) is 6.14. The second-order valence-electron chi connectivity index (χ2n) is 10.2. The lowest BCUT2D eigenvalue weighted by Crippen LogP contribution is -2.44. The summed E-state index contributed by atoms with van der Waals surface area (Å²) in [5, 5.41) is 3.18. The summed E-state index contributed by atoms with van der Waals surface area (Å²) in [5.41, 5.74) is 2.22. The van der Waals surface area contributed by atoms with Crippen LogP contribution in [0.25, 0.3) is 0 Å². The van der Waals surface area contributed by atoms with Crippen molar-refractivity contribution in [2.24, 2.45) is 0 Å². The number of carbonyl (C=O) groups excluding carboxylic acids is 1. The minimum atomic E-state index is -4.61. The average Bonchev–Trinajstić information content (AvgIpc) is 2.99. The molecule has 212 valence electrons. The molecule has 3 heterocycles. The summed E-state index contributed by atoms with van der Waals surface area (Å²) in [7, 11) is 3.77. The molecule has 3 aromatic rings. The number of nitrogens with zero attached hydrogens (tertiary/aromatic N) is 6. The Bertz CT molecular complexity index is 1390. The van der Waals surface area contributed by atoms with Crippen LogP contribution in [-0.2, 0) is 0 Å². The van der Waals surface area contributed by atoms with E-state index in [1.54, 1.807) is 30.1 Å². The van der Waals surface area contributed by atoms with Gasteiger partial charge in [0.25, 0.3) is 5.91 Å². The van der Waals surface area contributed by atoms with Gasteiger partial charge in [-0.25, -0.2) is 4.98 Å². The van der Waals surface area contributed by atoms with Crippen molar-refractivity contribution in [1.82, 2.24) is 14.9 Å². The predicted octanol–water partition coefficient (Wildman–Crippen LogP) is 5.05. The van der Waals surface area contributed by atoms with Crippen molar-refractivity contribution in [3.8, 4) is 5.75 Å². The molecule has 5 rings (SSSR count). The lowest BCUT2D eigenvalue weighted by Gasteiger charge is -2.34. The molecule has 12 heteroatoms. The summed E-state index contributed by atoms with van der Waals surface area (Å²) in [6.07, 6.45) is -3.46. The van der Waals surface area contributed by atoms with E-state index in [2.05, 4.69) is 32.1 Å². The van der Waals surface area contributed by atoms with E-state index < -0.39 is 18.6 Å². The van der Waals surface area contributed by atoms with Crippen LogP contribution in [0.4, 0.5) is 47.7 Å². The number of aromatic nitrogens is 2. The Labute approximate surface area is 231 Å². The molecule has 0 bridgehead atoms. The normalized spacial score (nSPS) is 16.1. The first-order valence-electron chi connectivity index (χ1n) is 13.1. The molecule has 2 aliphatic heterocycles. The van der Waals surface area contributed by atoms with E-state index in [1.165, 1.54) is 12.3 Å². The van der Waals surface area contributed by atoms with Gasteiger partial charge < -0.3 is 24.8 Å². The Morgan fingerprint density at radius 3 is 2.45 bits per heavy atom. The Morgan fingerprint density at radius 2 is 1.75 bits per heavy atom. The molecule has 1 saturated heterocycles. The molecule has 1 N–H and O–H groups in total. The van der Waals surface area contributed by atoms with Crippen molar-refractivity contribution in [2.75, 3.05) is 66.8 Å². The van der Waals surface area contributed by atoms with Crippen LogP contribution < -0.4 is 24.8 Å². The number of anilines is 6. The molecular formula is C28H32F3N7O2. The highest BCUT2D eigenvalue weighted by Crippen LogP contribution is 2.40. The van der Waals surface area contributed by atoms with E-state index in [9.17, 15) is 18.0 Å². The summed E-state index contributed by atoms with van der Waals surface area (Å²) in [6, 6.07) is 12.4. The van der Waals surface area contributed by atoms with Gasteiger partial charge in [0.05, 0.1) is 29.2 Å². The van der Waals surface area contributed by atoms with Gasteiger partial charge in [0.1, 0.15) is 18.0 Å². The first-order chi connectivity index (χ1) is 19.0. The molecule has 2 aliphatic rings. The van der Waals surface area contributed by atoms with Gasteiger partial charge in [-0.15, -0.1) is 0 Å². The van der Waals surface area contributed by atoms with Gasteiger partial charge in [0, 0.05) is 45.0 Å². The number of likely N-dealkylation sites (N-methyl/N-ethyl adjacent to an activating group) is 1. The zero-order valence-electron chi connectivity index (χ0n) is 22.9. The number of benzene rings is 2. The summed E-state index contributed by atoms with van der Waals surface area (Å²) in [4.78, 5) is 29.0. The third kappa shape index (κ3) is 5.76. The molecule has 2 aromatic carbocycles. The van der Waals surface area contributed by atoms with E-state index in [4.69, 9.17) is 4.74 Å². The summed E-state index contributed by atoms with van der Waals surface area (Å²) < 4.78 is 46.7. The van der Waals surface area contributed by atoms with Gasteiger partial charge in [-0.05, 0) is 45.2 Å². The highest BCUT2D eigenvalue weighted by atomic mass is 19.4. The van der Waals surface area contributed by atoms with Crippen molar-refractivity contribution in [3.63, 3.8) is 0 Å². The molecule has 1 amide bonds. The van der Waals surface area contributed by atoms with Crippen LogP contribution in [0, 0.1) is 0 Å². The number of piperazine rings is 1. The number of amides is 1. The van der Waals surface area contributed by atoms with Crippen LogP contribution in [0.1, 0.15) is 24.2 Å². The molecule has 40 heavy (non-hydrogen) atoms. The Kier molecular flexibility index (Phi) is 7.45. The van der Waals surface area contributed by atoms with Crippen LogP contribution in [-0.4, -0.2) is 79.9 Å². The minimum absolute atomic E-state index is 0.0318. The SMILES string of the molecule is CC(C)Oc1cc(N2CCN(C)CC2)ccc1Nc1ncc2c(n1)N(C)c1ccccc1C(=O)N2CC(F)(F)F. The van der Waals surface area contributed by atoms with Crippen molar-refractivity contribution in [3.05, 3.63) is 54.2 Å². The average molecular weight is 556 g/mol. The van der Waals surface area contributed by atoms with Gasteiger partial charge in [-0.2, -0.15) is 18.2 Å². The molecule has 1 fully saturated rings. The number of para-hydroxylation sites is 1. The van der Waals surface area contributed by atoms with E-state index in [0.29, 0.717) is 22.0 Å². The fourth-order valence-electron chi connectivity index (χ4n) is 4.86. The topological polar surface area (TPSA) is 77.1 Å². The molecule has 0 aliphatic carbocycles. The lowest BCUT2D eigenvalue weighted by atomic mass is 10.1. The van der Waals surface area contributed by atoms with E-state index in [0.717, 1.165) is 31.9 Å². The fourth-order valence-corrected chi connectivity index (χ4v) is 4.86. The maximum atomic E-state index is 13.5. The van der Waals surface area contributed by atoms with Gasteiger partial charge in [-0.3, -0.25) is 9.69 Å². The largest absolute Gasteiger partial charge is 0.489 e. The number of hydrogen-bond acceptors (Lipinski definition) is 8. The van der Waals surface area contributed by atoms with Gasteiger partial charge in [0.15, 0.2) is 5.82 Å². The number of rotatable bonds is 6. The standard InChI is InChI=1S/C28H32F3N7O2/c1-18(2)40-24-15-19(37-13-11-35(3)12-14-37)9-10-21(24)33-27-32-16-23-25(34-27)36(4)22-8-6-5-7-20(22)26(39)38(23)17-28(29,30)31/h5-10,15-16,18H,11-14,17H2,1-4H3,(H,32,33,34). The van der Waals surface area contributed by atoms with Crippen LogP contribution in [0.15, 0.2) is 48.7 Å². The van der Waals surface area contributed by atoms with E-state index in [-0.39, 0.29) is 29.1 Å². The quantitative estimate of drug-likeness (QED) is 0.453. The predicted molar refractivity (Wildman–Crippen MR) is 149 cm³/mol. The maximum absolute atomic E-state index is 13.5. The van der Waals surface area contributed by atoms with Gasteiger partial charge in [0.2, 0.25) is 5.95 Å². The molecule has 0 spiro atoms. The smallest absolute Gasteiger partial charge is 0.406 e. The van der Waals surface area contributed by atoms with Crippen LogP contribution in [0.2, 0.25) is 0 Å². The first kappa shape index (κ1) is 27.5. The number of carbonyl (C=O) groups is 1. The number of nitrogens with one attached hydrogen (secondary N) is 1. The number of hydrogen-bond donors (Lipinski definition) is 1. The Hall–Kier alpha value is -4.06. The monoisotopic (exact) mass is 555 g/mol. The molecule has 9 nitrogen and oxygen atoms in total. The third-order valence-electron chi connectivity index (χ3n) is 6.88. The van der Waals surface area contributed by atoms with Gasteiger partial charge in [-0.1, -0.05) is 12.1 Å². The number of ether oxygens (including phenoxy) is 1. The molecule has 0 saturated carbocycles. The molecule has 0 radical (unpaired) electrons. The fraction of sp³-hybridized carbons (Fsp3) is 0.393. The van der Waals surface area contributed by atoms with Gasteiger partial charge >= 0.3 is 6.18 Å². The van der Waals surface area contributed by atoms with Crippen LogP contribution in [0.5, 0.6) is 5.75 Å². The summed E-state index contributed by atoms with van der Waals surface area (Å²) >= 11 is 0. The van der Waals surface area contributed by atoms with Crippen molar-refractivity contribution < 1.29 is 22.7 Å². The highest BCUT2D eigenvalue weighted by molar-refractivity contribution is 6.13. The molecule has 0 unspecified atom stereocenters. The Balaban J connectivity index is 1.51. The lowest BCUT2D eigenvalue weighted by molar-refractivity contribution is -0.118. The number of fused-ring (bicyclic) bond motifs is 2. The highest BCUT2D eigenvalue weighted by Gasteiger charge is 2.39. The second kappa shape index (κ2) is 10.8. The molecule has 1 aromatic heterocycles. The number of halogens is 3. The summed E-state index contributed by atoms with van der Waals surface area (Å²) in [5.74, 6) is 0.165. The zero-order chi connectivity index (χ0) is 28.6. The first-order valence-corrected chi connectivity index (χ1v) is 13.1. The molecule has 0 atom stereocenters. The van der Waals surface area contributed by atoms with Crippen LogP contribution >= 0.6 is 0 Å². The maximum Gasteiger partial charge on any atom is 0.406 e. The minimum Gasteiger partial charge on any atom is -0.489 e. The molecular weight excluding hydrogens is 523 g/mol.